The van der Waals surface area contributed by atoms with Gasteiger partial charge in [0, 0.05) is 12.5 Å². The third-order valence-electron chi connectivity index (χ3n) is 2.39. The van der Waals surface area contributed by atoms with E-state index in [1.807, 2.05) is 13.8 Å². The second kappa shape index (κ2) is 7.09. The van der Waals surface area contributed by atoms with Gasteiger partial charge >= 0.3 is 0 Å². The molecule has 0 heterocycles. The summed E-state index contributed by atoms with van der Waals surface area (Å²) in [5, 5.41) is 0. The fraction of sp³-hybridized carbons (Fsp3) is 0.800. The lowest BCUT2D eigenvalue weighted by Crippen LogP contribution is -2.27. The van der Waals surface area contributed by atoms with Crippen LogP contribution in [0.3, 0.4) is 0 Å². The highest BCUT2D eigenvalue weighted by Crippen LogP contribution is 2.17. The maximum Gasteiger partial charge on any atom is 0.220 e. The van der Waals surface area contributed by atoms with Crippen LogP contribution in [0.2, 0.25) is 0 Å². The molecular weight excluding hydrogens is 192 g/mol. The Kier molecular flexibility index (Phi) is 6.49. The Morgan fingerprint density at radius 2 is 1.80 bits per heavy atom. The van der Waals surface area contributed by atoms with E-state index in [-0.39, 0.29) is 17.8 Å². The van der Waals surface area contributed by atoms with Crippen LogP contribution in [-0.2, 0) is 4.79 Å². The van der Waals surface area contributed by atoms with Gasteiger partial charge in [0.2, 0.25) is 5.91 Å². The molecular formula is C10H22N4O. The topological polar surface area (TPSA) is 107 Å². The van der Waals surface area contributed by atoms with Crippen molar-refractivity contribution >= 4 is 11.9 Å². The number of carbonyl (C=O) groups is 1. The van der Waals surface area contributed by atoms with Gasteiger partial charge in [0.05, 0.1) is 0 Å². The van der Waals surface area contributed by atoms with Crippen molar-refractivity contribution in [1.82, 2.24) is 0 Å². The van der Waals surface area contributed by atoms with Crippen molar-refractivity contribution in [2.45, 2.75) is 33.1 Å². The quantitative estimate of drug-likeness (QED) is 0.320. The molecule has 1 amide bonds. The second-order valence-electron chi connectivity index (χ2n) is 4.06. The summed E-state index contributed by atoms with van der Waals surface area (Å²) >= 11 is 0. The van der Waals surface area contributed by atoms with Gasteiger partial charge in [-0.3, -0.25) is 9.79 Å². The lowest BCUT2D eigenvalue weighted by Gasteiger charge is -2.16. The van der Waals surface area contributed by atoms with E-state index < -0.39 is 0 Å². The third kappa shape index (κ3) is 6.76. The van der Waals surface area contributed by atoms with E-state index in [2.05, 4.69) is 4.99 Å². The van der Waals surface area contributed by atoms with Gasteiger partial charge in [0.1, 0.15) is 0 Å². The number of rotatable bonds is 7. The molecule has 0 fully saturated rings. The minimum atomic E-state index is -0.216. The monoisotopic (exact) mass is 214 g/mol. The highest BCUT2D eigenvalue weighted by molar-refractivity contribution is 5.76. The number of hydrogen-bond donors (Lipinski definition) is 3. The first-order valence-corrected chi connectivity index (χ1v) is 5.29. The van der Waals surface area contributed by atoms with Gasteiger partial charge in [-0.25, -0.2) is 0 Å². The zero-order chi connectivity index (χ0) is 11.8. The van der Waals surface area contributed by atoms with Crippen LogP contribution >= 0.6 is 0 Å². The lowest BCUT2D eigenvalue weighted by molar-refractivity contribution is -0.123. The van der Waals surface area contributed by atoms with Gasteiger partial charge in [0.15, 0.2) is 5.96 Å². The molecule has 0 radical (unpaired) electrons. The summed E-state index contributed by atoms with van der Waals surface area (Å²) in [5.74, 6) is 0.159. The molecule has 0 saturated heterocycles. The largest absolute Gasteiger partial charge is 0.370 e. The Bertz CT molecular complexity index is 221. The second-order valence-corrected chi connectivity index (χ2v) is 4.06. The smallest absolute Gasteiger partial charge is 0.220 e. The third-order valence-corrected chi connectivity index (χ3v) is 2.39. The van der Waals surface area contributed by atoms with Crippen molar-refractivity contribution in [3.63, 3.8) is 0 Å². The van der Waals surface area contributed by atoms with Gasteiger partial charge in [-0.1, -0.05) is 20.3 Å². The van der Waals surface area contributed by atoms with E-state index in [0.717, 1.165) is 19.3 Å². The number of primary amides is 1. The first-order chi connectivity index (χ1) is 6.95. The van der Waals surface area contributed by atoms with E-state index in [9.17, 15) is 4.79 Å². The summed E-state index contributed by atoms with van der Waals surface area (Å²) in [5.41, 5.74) is 15.7. The Morgan fingerprint density at radius 3 is 2.20 bits per heavy atom. The van der Waals surface area contributed by atoms with Gasteiger partial charge in [-0.05, 0) is 18.8 Å². The molecule has 0 aliphatic rings. The summed E-state index contributed by atoms with van der Waals surface area (Å²) in [7, 11) is 0. The molecule has 6 N–H and O–H groups in total. The van der Waals surface area contributed by atoms with Crippen molar-refractivity contribution < 1.29 is 4.79 Å². The number of hydrogen-bond acceptors (Lipinski definition) is 2. The number of aliphatic imine (C=N–C) groups is 1. The Balaban J connectivity index is 3.73. The van der Waals surface area contributed by atoms with Crippen molar-refractivity contribution in [3.8, 4) is 0 Å². The maximum absolute atomic E-state index is 11.1. The van der Waals surface area contributed by atoms with Crippen LogP contribution in [0.15, 0.2) is 4.99 Å². The molecule has 15 heavy (non-hydrogen) atoms. The van der Waals surface area contributed by atoms with Crippen molar-refractivity contribution in [3.05, 3.63) is 0 Å². The molecule has 0 aromatic rings. The number of amides is 1. The fourth-order valence-electron chi connectivity index (χ4n) is 1.49. The van der Waals surface area contributed by atoms with Crippen LogP contribution in [0.1, 0.15) is 33.1 Å². The van der Waals surface area contributed by atoms with Crippen LogP contribution in [0, 0.1) is 11.8 Å². The van der Waals surface area contributed by atoms with Gasteiger partial charge in [-0.2, -0.15) is 0 Å². The van der Waals surface area contributed by atoms with E-state index in [4.69, 9.17) is 17.2 Å². The first-order valence-electron chi connectivity index (χ1n) is 5.29. The Morgan fingerprint density at radius 1 is 1.20 bits per heavy atom. The average molecular weight is 214 g/mol. The molecule has 88 valence electrons. The molecule has 0 aromatic carbocycles. The van der Waals surface area contributed by atoms with Crippen molar-refractivity contribution in [2.24, 2.45) is 34.0 Å². The number of carbonyl (C=O) groups excluding carboxylic acids is 1. The van der Waals surface area contributed by atoms with Crippen LogP contribution in [-0.4, -0.2) is 18.4 Å². The molecule has 0 rings (SSSR count). The Labute approximate surface area is 91.1 Å². The maximum atomic E-state index is 11.1. The lowest BCUT2D eigenvalue weighted by atomic mass is 9.90. The fourth-order valence-corrected chi connectivity index (χ4v) is 1.49. The zero-order valence-corrected chi connectivity index (χ0v) is 9.57. The molecule has 0 aliphatic heterocycles. The molecule has 0 aromatic heterocycles. The predicted molar refractivity (Wildman–Crippen MR) is 62.1 cm³/mol. The van der Waals surface area contributed by atoms with E-state index in [1.165, 1.54) is 0 Å². The van der Waals surface area contributed by atoms with Gasteiger partial charge in [-0.15, -0.1) is 0 Å². The molecule has 1 unspecified atom stereocenters. The van der Waals surface area contributed by atoms with Gasteiger partial charge in [0.25, 0.3) is 0 Å². The zero-order valence-electron chi connectivity index (χ0n) is 9.57. The highest BCUT2D eigenvalue weighted by Gasteiger charge is 2.18. The summed E-state index contributed by atoms with van der Waals surface area (Å²) in [6.07, 6.45) is 2.62. The summed E-state index contributed by atoms with van der Waals surface area (Å²) < 4.78 is 0. The van der Waals surface area contributed by atoms with Crippen LogP contribution in [0.5, 0.6) is 0 Å². The number of nitrogens with zero attached hydrogens (tertiary/aromatic N) is 1. The van der Waals surface area contributed by atoms with Gasteiger partial charge < -0.3 is 17.2 Å². The van der Waals surface area contributed by atoms with E-state index in [1.54, 1.807) is 0 Å². The normalized spacial score (nSPS) is 12.5. The minimum Gasteiger partial charge on any atom is -0.370 e. The summed E-state index contributed by atoms with van der Waals surface area (Å²) in [4.78, 5) is 14.9. The van der Waals surface area contributed by atoms with Crippen LogP contribution < -0.4 is 17.2 Å². The van der Waals surface area contributed by atoms with Crippen LogP contribution in [0.4, 0.5) is 0 Å². The van der Waals surface area contributed by atoms with E-state index in [0.29, 0.717) is 12.5 Å². The van der Waals surface area contributed by atoms with E-state index >= 15 is 0 Å². The SMILES string of the molecule is CC(C)C(CCCCN=C(N)N)C(N)=O. The highest BCUT2D eigenvalue weighted by atomic mass is 16.1. The standard InChI is InChI=1S/C10H22N4O/c1-7(2)8(9(11)15)5-3-4-6-14-10(12)13/h7-8H,3-6H2,1-2H3,(H2,11,15)(H4,12,13,14). The first kappa shape index (κ1) is 13.7. The molecule has 5 nitrogen and oxygen atoms in total. The predicted octanol–water partition coefficient (Wildman–Crippen LogP) is 0.188. The molecule has 0 spiro atoms. The Hall–Kier alpha value is -1.26. The number of guanidine groups is 1. The van der Waals surface area contributed by atoms with Crippen LogP contribution in [0.25, 0.3) is 0 Å². The summed E-state index contributed by atoms with van der Waals surface area (Å²) in [6.45, 7) is 4.63. The van der Waals surface area contributed by atoms with Crippen molar-refractivity contribution in [1.29, 1.82) is 0 Å². The molecule has 1 atom stereocenters. The summed E-state index contributed by atoms with van der Waals surface area (Å²) in [6, 6.07) is 0. The molecule has 0 aliphatic carbocycles. The molecule has 0 saturated carbocycles. The number of unbranched alkanes of at least 4 members (excludes halogenated alkanes) is 1. The minimum absolute atomic E-state index is 0.0378. The number of nitrogens with two attached hydrogens (primary N) is 3. The van der Waals surface area contributed by atoms with Crippen molar-refractivity contribution in [2.75, 3.05) is 6.54 Å². The molecule has 5 heteroatoms. The average Bonchev–Trinajstić information content (AvgIpc) is 2.08. The molecule has 0 bridgehead atoms.